The van der Waals surface area contributed by atoms with Gasteiger partial charge in [-0.15, -0.1) is 0 Å². The highest BCUT2D eigenvalue weighted by Gasteiger charge is 2.38. The molecule has 8 nitrogen and oxygen atoms in total. The van der Waals surface area contributed by atoms with Crippen LogP contribution in [0.4, 0.5) is 10.3 Å². The lowest BCUT2D eigenvalue weighted by atomic mass is 10.0. The fraction of sp³-hybridized carbons (Fsp3) is 0.500. The zero-order valence-corrected chi connectivity index (χ0v) is 20.4. The fourth-order valence-electron chi connectivity index (χ4n) is 4.01. The number of carbonyl (C=O) groups is 2. The molecule has 1 aromatic carbocycles. The minimum absolute atomic E-state index is 0.0191. The number of anilines is 1. The molecule has 1 aromatic heterocycles. The molecule has 0 spiro atoms. The Bertz CT molecular complexity index is 1110. The molecule has 3 heterocycles. The van der Waals surface area contributed by atoms with Crippen LogP contribution in [0.5, 0.6) is 0 Å². The predicted molar refractivity (Wildman–Crippen MR) is 125 cm³/mol. The van der Waals surface area contributed by atoms with Crippen LogP contribution in [-0.2, 0) is 20.8 Å². The Morgan fingerprint density at radius 1 is 1.32 bits per heavy atom. The van der Waals surface area contributed by atoms with Crippen molar-refractivity contribution in [2.24, 2.45) is 0 Å². The number of hydrogen-bond donors (Lipinski definition) is 1. The molecule has 2 aliphatic rings. The van der Waals surface area contributed by atoms with E-state index in [0.717, 1.165) is 12.8 Å². The number of rotatable bonds is 5. The average Bonchev–Trinajstić information content (AvgIpc) is 3.11. The Morgan fingerprint density at radius 3 is 2.71 bits per heavy atom. The third-order valence-electron chi connectivity index (χ3n) is 5.80. The van der Waals surface area contributed by atoms with Gasteiger partial charge in [-0.1, -0.05) is 11.6 Å². The Labute approximate surface area is 202 Å². The van der Waals surface area contributed by atoms with Gasteiger partial charge in [-0.3, -0.25) is 4.79 Å². The predicted octanol–water partition coefficient (Wildman–Crippen LogP) is 4.21. The van der Waals surface area contributed by atoms with Crippen molar-refractivity contribution in [3.8, 4) is 11.3 Å². The van der Waals surface area contributed by atoms with Crippen molar-refractivity contribution >= 4 is 29.4 Å². The molecule has 2 aromatic rings. The van der Waals surface area contributed by atoms with E-state index in [4.69, 9.17) is 21.1 Å². The first-order valence-electron chi connectivity index (χ1n) is 11.3. The van der Waals surface area contributed by atoms with Crippen LogP contribution in [0.2, 0.25) is 5.02 Å². The summed E-state index contributed by atoms with van der Waals surface area (Å²) in [5, 5.41) is 3.50. The van der Waals surface area contributed by atoms with Crippen LogP contribution in [0.25, 0.3) is 11.3 Å². The maximum absolute atomic E-state index is 15.1. The third kappa shape index (κ3) is 5.15. The van der Waals surface area contributed by atoms with E-state index in [0.29, 0.717) is 30.4 Å². The zero-order valence-electron chi connectivity index (χ0n) is 19.7. The highest BCUT2D eigenvalue weighted by atomic mass is 35.5. The van der Waals surface area contributed by atoms with Gasteiger partial charge in [-0.05, 0) is 52.7 Å². The van der Waals surface area contributed by atoms with Crippen molar-refractivity contribution < 1.29 is 23.5 Å². The molecule has 0 aliphatic carbocycles. The number of aromatic nitrogens is 2. The maximum Gasteiger partial charge on any atom is 0.329 e. The molecule has 2 aliphatic heterocycles. The van der Waals surface area contributed by atoms with Gasteiger partial charge in [0.2, 0.25) is 5.95 Å². The second-order valence-corrected chi connectivity index (χ2v) is 9.96. The molecule has 0 radical (unpaired) electrons. The molecule has 182 valence electrons. The van der Waals surface area contributed by atoms with E-state index in [1.807, 2.05) is 0 Å². The first kappa shape index (κ1) is 24.3. The standard InChI is InChI=1S/C24H28ClFN4O4/c1-13(22(32)34-24(2,3)4)30-12-17-16(21(30)31)9-14(10-19(17)26)20-18(25)11-27-23(29-20)28-15-5-7-33-8-6-15/h9-11,13,15H,5-8,12H2,1-4H3,(H,27,28,29)/t13-/m1/s1. The Hall–Kier alpha value is -2.78. The maximum atomic E-state index is 15.1. The van der Waals surface area contributed by atoms with Crippen molar-refractivity contribution in [1.29, 1.82) is 0 Å². The number of ether oxygens (including phenoxy) is 2. The van der Waals surface area contributed by atoms with Gasteiger partial charge in [0.15, 0.2) is 0 Å². The number of benzene rings is 1. The van der Waals surface area contributed by atoms with E-state index in [1.165, 1.54) is 17.2 Å². The number of amides is 1. The average molecular weight is 491 g/mol. The SMILES string of the molecule is C[C@H](C(=O)OC(C)(C)C)N1Cc2c(F)cc(-c3nc(NC4CCOCC4)ncc3Cl)cc2C1=O. The Balaban J connectivity index is 1.60. The molecule has 1 atom stereocenters. The number of esters is 1. The molecule has 10 heteroatoms. The molecule has 0 bridgehead atoms. The van der Waals surface area contributed by atoms with Crippen molar-refractivity contribution in [1.82, 2.24) is 14.9 Å². The van der Waals surface area contributed by atoms with Gasteiger partial charge in [-0.25, -0.2) is 19.2 Å². The summed E-state index contributed by atoms with van der Waals surface area (Å²) in [5.41, 5.74) is 0.395. The minimum Gasteiger partial charge on any atom is -0.458 e. The van der Waals surface area contributed by atoms with Crippen LogP contribution in [0.15, 0.2) is 18.3 Å². The van der Waals surface area contributed by atoms with Crippen molar-refractivity contribution in [2.75, 3.05) is 18.5 Å². The van der Waals surface area contributed by atoms with Gasteiger partial charge in [0.1, 0.15) is 17.5 Å². The van der Waals surface area contributed by atoms with Crippen LogP contribution in [0, 0.1) is 5.82 Å². The fourth-order valence-corrected chi connectivity index (χ4v) is 4.21. The van der Waals surface area contributed by atoms with Gasteiger partial charge < -0.3 is 19.7 Å². The molecule has 0 saturated carbocycles. The van der Waals surface area contributed by atoms with E-state index in [9.17, 15) is 9.59 Å². The normalized spacial score (nSPS) is 17.5. The molecule has 1 fully saturated rings. The molecule has 1 saturated heterocycles. The van der Waals surface area contributed by atoms with E-state index >= 15 is 4.39 Å². The van der Waals surface area contributed by atoms with Gasteiger partial charge >= 0.3 is 5.97 Å². The summed E-state index contributed by atoms with van der Waals surface area (Å²) in [4.78, 5) is 35.7. The lowest BCUT2D eigenvalue weighted by molar-refractivity contribution is -0.159. The minimum atomic E-state index is -0.861. The summed E-state index contributed by atoms with van der Waals surface area (Å²) in [7, 11) is 0. The topological polar surface area (TPSA) is 93.7 Å². The molecule has 4 rings (SSSR count). The molecule has 1 N–H and O–H groups in total. The Kier molecular flexibility index (Phi) is 6.78. The number of fused-ring (bicyclic) bond motifs is 1. The van der Waals surface area contributed by atoms with Crippen molar-refractivity contribution in [3.05, 3.63) is 40.3 Å². The second-order valence-electron chi connectivity index (χ2n) is 9.55. The summed E-state index contributed by atoms with van der Waals surface area (Å²) < 4.78 is 25.9. The molecule has 34 heavy (non-hydrogen) atoms. The summed E-state index contributed by atoms with van der Waals surface area (Å²) in [6.07, 6.45) is 3.11. The summed E-state index contributed by atoms with van der Waals surface area (Å²) in [5.74, 6) is -1.18. The van der Waals surface area contributed by atoms with E-state index in [1.54, 1.807) is 33.8 Å². The molecular weight excluding hydrogens is 463 g/mol. The van der Waals surface area contributed by atoms with Crippen molar-refractivity contribution in [3.63, 3.8) is 0 Å². The monoisotopic (exact) mass is 490 g/mol. The van der Waals surface area contributed by atoms with E-state index < -0.39 is 29.3 Å². The lowest BCUT2D eigenvalue weighted by Crippen LogP contribution is -2.42. The summed E-state index contributed by atoms with van der Waals surface area (Å²) in [6.45, 7) is 8.13. The number of hydrogen-bond acceptors (Lipinski definition) is 7. The molecular formula is C24H28ClFN4O4. The number of nitrogens with zero attached hydrogens (tertiary/aromatic N) is 3. The van der Waals surface area contributed by atoms with Crippen LogP contribution >= 0.6 is 11.6 Å². The van der Waals surface area contributed by atoms with E-state index in [2.05, 4.69) is 15.3 Å². The largest absolute Gasteiger partial charge is 0.458 e. The lowest BCUT2D eigenvalue weighted by Gasteiger charge is -2.27. The van der Waals surface area contributed by atoms with Crippen molar-refractivity contribution in [2.45, 2.75) is 64.8 Å². The smallest absolute Gasteiger partial charge is 0.329 e. The number of carbonyl (C=O) groups excluding carboxylic acids is 2. The zero-order chi connectivity index (χ0) is 24.6. The quantitative estimate of drug-likeness (QED) is 0.627. The van der Waals surface area contributed by atoms with E-state index in [-0.39, 0.29) is 28.7 Å². The number of nitrogens with one attached hydrogen (secondary N) is 1. The summed E-state index contributed by atoms with van der Waals surface area (Å²) in [6, 6.07) is 2.18. The summed E-state index contributed by atoms with van der Waals surface area (Å²) >= 11 is 6.34. The van der Waals surface area contributed by atoms with Gasteiger partial charge in [0.05, 0.1) is 23.5 Å². The highest BCUT2D eigenvalue weighted by Crippen LogP contribution is 2.34. The van der Waals surface area contributed by atoms with Crippen LogP contribution in [0.1, 0.15) is 56.5 Å². The van der Waals surface area contributed by atoms with Gasteiger partial charge in [0.25, 0.3) is 5.91 Å². The van der Waals surface area contributed by atoms with Gasteiger partial charge in [0, 0.05) is 35.9 Å². The Morgan fingerprint density at radius 2 is 2.03 bits per heavy atom. The first-order valence-corrected chi connectivity index (χ1v) is 11.6. The van der Waals surface area contributed by atoms with Crippen LogP contribution in [-0.4, -0.2) is 57.6 Å². The highest BCUT2D eigenvalue weighted by molar-refractivity contribution is 6.33. The molecule has 0 unspecified atom stereocenters. The van der Waals surface area contributed by atoms with Gasteiger partial charge in [-0.2, -0.15) is 0 Å². The first-order chi connectivity index (χ1) is 16.0. The van der Waals surface area contributed by atoms with Crippen LogP contribution < -0.4 is 5.32 Å². The molecule has 1 amide bonds. The third-order valence-corrected chi connectivity index (χ3v) is 6.08. The number of halogens is 2. The second kappa shape index (κ2) is 9.46. The van der Waals surface area contributed by atoms with Crippen LogP contribution in [0.3, 0.4) is 0 Å².